The molecule has 3 N–H and O–H groups in total. The third-order valence-electron chi connectivity index (χ3n) is 1.77. The van der Waals surface area contributed by atoms with Crippen LogP contribution in [0, 0.1) is 0 Å². The molecule has 0 rings (SSSR count). The molecule has 0 heterocycles. The van der Waals surface area contributed by atoms with Gasteiger partial charge < -0.3 is 20.5 Å². The number of aliphatic carboxylic acids is 1. The standard InChI is InChI=1S/C9H18N2O4/c1-3-4-7(8(12)13)11-9(14)10-5-6-15-2/h7H,3-6H2,1-2H3,(H,12,13)(H2,10,11,14)/t7-/m0/s1. The van der Waals surface area contributed by atoms with Gasteiger partial charge in [0.25, 0.3) is 0 Å². The van der Waals surface area contributed by atoms with Crippen LogP contribution < -0.4 is 10.6 Å². The van der Waals surface area contributed by atoms with Crippen LogP contribution in [0.5, 0.6) is 0 Å². The fourth-order valence-electron chi connectivity index (χ4n) is 1.02. The monoisotopic (exact) mass is 218 g/mol. The Kier molecular flexibility index (Phi) is 7.35. The summed E-state index contributed by atoms with van der Waals surface area (Å²) in [5.41, 5.74) is 0. The van der Waals surface area contributed by atoms with Crippen LogP contribution in [0.1, 0.15) is 19.8 Å². The van der Waals surface area contributed by atoms with Crippen molar-refractivity contribution in [1.82, 2.24) is 10.6 Å². The van der Waals surface area contributed by atoms with Gasteiger partial charge in [-0.2, -0.15) is 0 Å². The first-order valence-corrected chi connectivity index (χ1v) is 4.88. The van der Waals surface area contributed by atoms with E-state index in [0.29, 0.717) is 26.0 Å². The summed E-state index contributed by atoms with van der Waals surface area (Å²) in [4.78, 5) is 21.9. The zero-order valence-corrected chi connectivity index (χ0v) is 9.08. The number of carboxylic acid groups (broad SMARTS) is 1. The Morgan fingerprint density at radius 3 is 2.60 bits per heavy atom. The van der Waals surface area contributed by atoms with Crippen molar-refractivity contribution in [2.75, 3.05) is 20.3 Å². The van der Waals surface area contributed by atoms with E-state index in [1.807, 2.05) is 6.92 Å². The normalized spacial score (nSPS) is 11.9. The zero-order valence-electron chi connectivity index (χ0n) is 9.08. The highest BCUT2D eigenvalue weighted by Crippen LogP contribution is 1.96. The minimum absolute atomic E-state index is 0.362. The number of carbonyl (C=O) groups excluding carboxylic acids is 1. The van der Waals surface area contributed by atoms with E-state index in [-0.39, 0.29) is 0 Å². The molecule has 0 fully saturated rings. The Bertz CT molecular complexity index is 208. The highest BCUT2D eigenvalue weighted by Gasteiger charge is 2.17. The lowest BCUT2D eigenvalue weighted by molar-refractivity contribution is -0.139. The average molecular weight is 218 g/mol. The number of nitrogens with one attached hydrogen (secondary N) is 2. The van der Waals surface area contributed by atoms with Gasteiger partial charge in [0, 0.05) is 13.7 Å². The number of ether oxygens (including phenoxy) is 1. The van der Waals surface area contributed by atoms with Crippen molar-refractivity contribution in [2.45, 2.75) is 25.8 Å². The van der Waals surface area contributed by atoms with E-state index >= 15 is 0 Å². The summed E-state index contributed by atoms with van der Waals surface area (Å²) in [6, 6.07) is -1.30. The van der Waals surface area contributed by atoms with Crippen molar-refractivity contribution in [3.8, 4) is 0 Å². The first-order chi connectivity index (χ1) is 7.11. The number of hydrogen-bond acceptors (Lipinski definition) is 3. The molecule has 6 heteroatoms. The van der Waals surface area contributed by atoms with E-state index in [1.165, 1.54) is 7.11 Å². The summed E-state index contributed by atoms with van der Waals surface area (Å²) in [6.07, 6.45) is 1.13. The van der Waals surface area contributed by atoms with Crippen LogP contribution in [0.2, 0.25) is 0 Å². The molecule has 0 aliphatic rings. The molecular weight excluding hydrogens is 200 g/mol. The van der Waals surface area contributed by atoms with Crippen molar-refractivity contribution in [3.05, 3.63) is 0 Å². The Morgan fingerprint density at radius 2 is 2.13 bits per heavy atom. The highest BCUT2D eigenvalue weighted by molar-refractivity contribution is 5.82. The van der Waals surface area contributed by atoms with Gasteiger partial charge >= 0.3 is 12.0 Å². The maximum absolute atomic E-state index is 11.2. The van der Waals surface area contributed by atoms with E-state index in [0.717, 1.165) is 0 Å². The summed E-state index contributed by atoms with van der Waals surface area (Å²) in [5.74, 6) is -1.02. The van der Waals surface area contributed by atoms with Gasteiger partial charge in [-0.1, -0.05) is 13.3 Å². The average Bonchev–Trinajstić information content (AvgIpc) is 2.17. The maximum atomic E-state index is 11.2. The molecule has 0 unspecified atom stereocenters. The molecule has 0 spiro atoms. The lowest BCUT2D eigenvalue weighted by Crippen LogP contribution is -2.46. The lowest BCUT2D eigenvalue weighted by Gasteiger charge is -2.13. The molecule has 0 saturated carbocycles. The molecule has 0 aromatic rings. The van der Waals surface area contributed by atoms with Gasteiger partial charge in [-0.3, -0.25) is 0 Å². The van der Waals surface area contributed by atoms with Crippen LogP contribution in [-0.4, -0.2) is 43.4 Å². The van der Waals surface area contributed by atoms with Gasteiger partial charge in [-0.25, -0.2) is 9.59 Å². The van der Waals surface area contributed by atoms with Gasteiger partial charge in [0.2, 0.25) is 0 Å². The molecule has 0 aliphatic heterocycles. The van der Waals surface area contributed by atoms with Crippen molar-refractivity contribution < 1.29 is 19.4 Å². The largest absolute Gasteiger partial charge is 0.480 e. The third-order valence-corrected chi connectivity index (χ3v) is 1.77. The molecule has 15 heavy (non-hydrogen) atoms. The SMILES string of the molecule is CCC[C@H](NC(=O)NCCOC)C(=O)O. The van der Waals surface area contributed by atoms with Crippen molar-refractivity contribution >= 4 is 12.0 Å². The molecule has 0 aromatic heterocycles. The van der Waals surface area contributed by atoms with Crippen LogP contribution in [0.15, 0.2) is 0 Å². The Labute approximate surface area is 89.0 Å². The predicted molar refractivity (Wildman–Crippen MR) is 54.7 cm³/mol. The molecule has 2 amide bonds. The number of urea groups is 1. The minimum atomic E-state index is -1.02. The number of carboxylic acids is 1. The topological polar surface area (TPSA) is 87.7 Å². The fourth-order valence-corrected chi connectivity index (χ4v) is 1.02. The third kappa shape index (κ3) is 6.73. The molecule has 88 valence electrons. The molecule has 0 saturated heterocycles. The van der Waals surface area contributed by atoms with E-state index in [9.17, 15) is 9.59 Å². The predicted octanol–water partition coefficient (Wildman–Crippen LogP) is 0.185. The molecule has 0 radical (unpaired) electrons. The molecular formula is C9H18N2O4. The van der Waals surface area contributed by atoms with E-state index in [4.69, 9.17) is 9.84 Å². The van der Waals surface area contributed by atoms with Gasteiger partial charge in [-0.05, 0) is 6.42 Å². The van der Waals surface area contributed by atoms with Gasteiger partial charge in [0.05, 0.1) is 6.61 Å². The zero-order chi connectivity index (χ0) is 11.7. The van der Waals surface area contributed by atoms with Crippen LogP contribution in [0.3, 0.4) is 0 Å². The molecule has 0 bridgehead atoms. The molecule has 0 aromatic carbocycles. The molecule has 1 atom stereocenters. The smallest absolute Gasteiger partial charge is 0.326 e. The van der Waals surface area contributed by atoms with Crippen molar-refractivity contribution in [2.24, 2.45) is 0 Å². The van der Waals surface area contributed by atoms with Crippen molar-refractivity contribution in [1.29, 1.82) is 0 Å². The van der Waals surface area contributed by atoms with Crippen LogP contribution in [0.4, 0.5) is 4.79 Å². The number of carbonyl (C=O) groups is 2. The minimum Gasteiger partial charge on any atom is -0.480 e. The molecule has 6 nitrogen and oxygen atoms in total. The Hall–Kier alpha value is -1.30. The summed E-state index contributed by atoms with van der Waals surface area (Å²) >= 11 is 0. The van der Waals surface area contributed by atoms with Gasteiger partial charge in [-0.15, -0.1) is 0 Å². The summed E-state index contributed by atoms with van der Waals surface area (Å²) in [6.45, 7) is 2.63. The van der Waals surface area contributed by atoms with Crippen LogP contribution in [0.25, 0.3) is 0 Å². The second kappa shape index (κ2) is 8.05. The Morgan fingerprint density at radius 1 is 1.47 bits per heavy atom. The highest BCUT2D eigenvalue weighted by atomic mass is 16.5. The summed E-state index contributed by atoms with van der Waals surface area (Å²) in [5, 5.41) is 13.6. The number of methoxy groups -OCH3 is 1. The number of amides is 2. The number of hydrogen-bond donors (Lipinski definition) is 3. The van der Waals surface area contributed by atoms with Crippen LogP contribution in [-0.2, 0) is 9.53 Å². The molecule has 0 aliphatic carbocycles. The summed E-state index contributed by atoms with van der Waals surface area (Å²) in [7, 11) is 1.52. The second-order valence-corrected chi connectivity index (χ2v) is 3.07. The van der Waals surface area contributed by atoms with E-state index < -0.39 is 18.0 Å². The second-order valence-electron chi connectivity index (χ2n) is 3.07. The lowest BCUT2D eigenvalue weighted by atomic mass is 10.2. The maximum Gasteiger partial charge on any atom is 0.326 e. The Balaban J connectivity index is 3.84. The van der Waals surface area contributed by atoms with Crippen LogP contribution >= 0.6 is 0 Å². The first kappa shape index (κ1) is 13.7. The number of rotatable bonds is 7. The van der Waals surface area contributed by atoms with Gasteiger partial charge in [0.15, 0.2) is 0 Å². The van der Waals surface area contributed by atoms with E-state index in [2.05, 4.69) is 10.6 Å². The summed E-state index contributed by atoms with van der Waals surface area (Å²) < 4.78 is 4.73. The van der Waals surface area contributed by atoms with Crippen molar-refractivity contribution in [3.63, 3.8) is 0 Å². The fraction of sp³-hybridized carbons (Fsp3) is 0.778. The van der Waals surface area contributed by atoms with Gasteiger partial charge in [0.1, 0.15) is 6.04 Å². The van der Waals surface area contributed by atoms with E-state index in [1.54, 1.807) is 0 Å². The first-order valence-electron chi connectivity index (χ1n) is 4.88. The quantitative estimate of drug-likeness (QED) is 0.532.